The van der Waals surface area contributed by atoms with Gasteiger partial charge in [-0.25, -0.2) is 0 Å². The van der Waals surface area contributed by atoms with E-state index in [9.17, 15) is 0 Å². The minimum absolute atomic E-state index is 0.0255. The van der Waals surface area contributed by atoms with E-state index in [1.54, 1.807) is 0 Å². The van der Waals surface area contributed by atoms with Crippen LogP contribution in [0, 0.1) is 0 Å². The highest BCUT2D eigenvalue weighted by Crippen LogP contribution is 2.34. The third kappa shape index (κ3) is 5.27. The van der Waals surface area contributed by atoms with Crippen molar-refractivity contribution in [3.8, 4) is 0 Å². The maximum absolute atomic E-state index is 6.30. The standard InChI is InChI=1S/C17H33NO/c1-5-13-18-16(14-15(3)4)17(19-6-2)11-9-7-8-10-12-17/h14,16,18H,5-13H2,1-4H3. The molecular formula is C17H33NO. The van der Waals surface area contributed by atoms with E-state index in [0.717, 1.165) is 13.2 Å². The van der Waals surface area contributed by atoms with Gasteiger partial charge in [0.1, 0.15) is 0 Å². The van der Waals surface area contributed by atoms with Crippen LogP contribution in [0.15, 0.2) is 11.6 Å². The first kappa shape index (κ1) is 16.7. The fraction of sp³-hybridized carbons (Fsp3) is 0.882. The van der Waals surface area contributed by atoms with Crippen molar-refractivity contribution in [1.82, 2.24) is 5.32 Å². The summed E-state index contributed by atoms with van der Waals surface area (Å²) in [7, 11) is 0. The summed E-state index contributed by atoms with van der Waals surface area (Å²) < 4.78 is 6.30. The molecule has 1 rings (SSSR count). The zero-order chi connectivity index (χ0) is 14.1. The van der Waals surface area contributed by atoms with Gasteiger partial charge in [-0.2, -0.15) is 0 Å². The second-order valence-corrected chi connectivity index (χ2v) is 6.09. The van der Waals surface area contributed by atoms with Crippen LogP contribution in [-0.2, 0) is 4.74 Å². The average Bonchev–Trinajstić information content (AvgIpc) is 2.61. The highest BCUT2D eigenvalue weighted by molar-refractivity contribution is 5.10. The van der Waals surface area contributed by atoms with Crippen LogP contribution in [0.3, 0.4) is 0 Å². The predicted octanol–water partition coefficient (Wildman–Crippen LogP) is 4.45. The van der Waals surface area contributed by atoms with Crippen molar-refractivity contribution in [2.24, 2.45) is 0 Å². The first-order valence-corrected chi connectivity index (χ1v) is 8.17. The van der Waals surface area contributed by atoms with Crippen molar-refractivity contribution in [1.29, 1.82) is 0 Å². The smallest absolute Gasteiger partial charge is 0.0870 e. The molecule has 0 aromatic rings. The molecule has 0 amide bonds. The Kier molecular flexibility index (Phi) is 7.70. The third-order valence-corrected chi connectivity index (χ3v) is 4.06. The Morgan fingerprint density at radius 3 is 2.26 bits per heavy atom. The van der Waals surface area contributed by atoms with Crippen LogP contribution in [0.1, 0.15) is 72.6 Å². The van der Waals surface area contributed by atoms with E-state index < -0.39 is 0 Å². The summed E-state index contributed by atoms with van der Waals surface area (Å²) in [5.41, 5.74) is 1.41. The summed E-state index contributed by atoms with van der Waals surface area (Å²) in [4.78, 5) is 0. The van der Waals surface area contributed by atoms with Crippen molar-refractivity contribution >= 4 is 0 Å². The van der Waals surface area contributed by atoms with Gasteiger partial charge in [-0.1, -0.05) is 44.3 Å². The molecule has 0 bridgehead atoms. The molecule has 0 aromatic heterocycles. The van der Waals surface area contributed by atoms with Crippen molar-refractivity contribution in [2.45, 2.75) is 84.3 Å². The lowest BCUT2D eigenvalue weighted by atomic mass is 9.84. The summed E-state index contributed by atoms with van der Waals surface area (Å²) in [6.07, 6.45) is 11.3. The number of hydrogen-bond donors (Lipinski definition) is 1. The van der Waals surface area contributed by atoms with E-state index in [1.165, 1.54) is 50.5 Å². The Morgan fingerprint density at radius 1 is 1.16 bits per heavy atom. The first-order valence-electron chi connectivity index (χ1n) is 8.17. The Bertz CT molecular complexity index is 260. The van der Waals surface area contributed by atoms with Crippen LogP contribution >= 0.6 is 0 Å². The molecule has 1 unspecified atom stereocenters. The Morgan fingerprint density at radius 2 is 1.79 bits per heavy atom. The topological polar surface area (TPSA) is 21.3 Å². The molecule has 2 heteroatoms. The molecule has 1 N–H and O–H groups in total. The molecule has 1 fully saturated rings. The van der Waals surface area contributed by atoms with Gasteiger partial charge >= 0.3 is 0 Å². The van der Waals surface area contributed by atoms with Gasteiger partial charge < -0.3 is 10.1 Å². The molecule has 1 aliphatic carbocycles. The fourth-order valence-corrected chi connectivity index (χ4v) is 3.19. The van der Waals surface area contributed by atoms with E-state index >= 15 is 0 Å². The minimum Gasteiger partial charge on any atom is -0.373 e. The lowest BCUT2D eigenvalue weighted by Crippen LogP contribution is -2.51. The molecule has 0 radical (unpaired) electrons. The SMILES string of the molecule is CCCNC(C=C(C)C)C1(OCC)CCCCCC1. The number of rotatable bonds is 7. The largest absolute Gasteiger partial charge is 0.373 e. The highest BCUT2D eigenvalue weighted by Gasteiger charge is 2.38. The van der Waals surface area contributed by atoms with E-state index in [2.05, 4.69) is 39.1 Å². The van der Waals surface area contributed by atoms with Crippen molar-refractivity contribution in [3.05, 3.63) is 11.6 Å². The van der Waals surface area contributed by atoms with Crippen LogP contribution in [0.5, 0.6) is 0 Å². The number of nitrogens with one attached hydrogen (secondary N) is 1. The van der Waals surface area contributed by atoms with Crippen molar-refractivity contribution < 1.29 is 4.74 Å². The van der Waals surface area contributed by atoms with Gasteiger partial charge in [-0.15, -0.1) is 0 Å². The lowest BCUT2D eigenvalue weighted by molar-refractivity contribution is -0.0662. The lowest BCUT2D eigenvalue weighted by Gasteiger charge is -2.39. The van der Waals surface area contributed by atoms with Crippen molar-refractivity contribution in [3.63, 3.8) is 0 Å². The van der Waals surface area contributed by atoms with Gasteiger partial charge in [0.2, 0.25) is 0 Å². The maximum atomic E-state index is 6.30. The van der Waals surface area contributed by atoms with E-state index in [4.69, 9.17) is 4.74 Å². The fourth-order valence-electron chi connectivity index (χ4n) is 3.19. The van der Waals surface area contributed by atoms with Crippen molar-refractivity contribution in [2.75, 3.05) is 13.2 Å². The van der Waals surface area contributed by atoms with Gasteiger partial charge in [0.15, 0.2) is 0 Å². The molecular weight excluding hydrogens is 234 g/mol. The number of ether oxygens (including phenoxy) is 1. The van der Waals surface area contributed by atoms with Gasteiger partial charge in [0, 0.05) is 6.61 Å². The molecule has 112 valence electrons. The van der Waals surface area contributed by atoms with E-state index in [1.807, 2.05) is 0 Å². The Labute approximate surface area is 120 Å². The predicted molar refractivity (Wildman–Crippen MR) is 83.6 cm³/mol. The Balaban J connectivity index is 2.90. The zero-order valence-corrected chi connectivity index (χ0v) is 13.4. The second-order valence-electron chi connectivity index (χ2n) is 6.09. The quantitative estimate of drug-likeness (QED) is 0.543. The molecule has 1 aliphatic rings. The molecule has 0 aromatic carbocycles. The van der Waals surface area contributed by atoms with Crippen LogP contribution in [0.4, 0.5) is 0 Å². The van der Waals surface area contributed by atoms with Gasteiger partial charge in [-0.05, 0) is 46.6 Å². The van der Waals surface area contributed by atoms with Gasteiger partial charge in [-0.3, -0.25) is 0 Å². The molecule has 0 heterocycles. The summed E-state index contributed by atoms with van der Waals surface area (Å²) in [6.45, 7) is 10.6. The number of hydrogen-bond acceptors (Lipinski definition) is 2. The molecule has 0 spiro atoms. The zero-order valence-electron chi connectivity index (χ0n) is 13.4. The molecule has 0 aliphatic heterocycles. The van der Waals surface area contributed by atoms with Gasteiger partial charge in [0.05, 0.1) is 11.6 Å². The highest BCUT2D eigenvalue weighted by atomic mass is 16.5. The van der Waals surface area contributed by atoms with Crippen LogP contribution < -0.4 is 5.32 Å². The molecule has 1 atom stereocenters. The second kappa shape index (κ2) is 8.76. The first-order chi connectivity index (χ1) is 9.14. The molecule has 1 saturated carbocycles. The minimum atomic E-state index is 0.0255. The monoisotopic (exact) mass is 267 g/mol. The third-order valence-electron chi connectivity index (χ3n) is 4.06. The molecule has 19 heavy (non-hydrogen) atoms. The van der Waals surface area contributed by atoms with Gasteiger partial charge in [0.25, 0.3) is 0 Å². The summed E-state index contributed by atoms with van der Waals surface area (Å²) in [6, 6.07) is 0.371. The maximum Gasteiger partial charge on any atom is 0.0870 e. The summed E-state index contributed by atoms with van der Waals surface area (Å²) in [5.74, 6) is 0. The number of allylic oxidation sites excluding steroid dienone is 1. The average molecular weight is 267 g/mol. The Hall–Kier alpha value is -0.340. The summed E-state index contributed by atoms with van der Waals surface area (Å²) >= 11 is 0. The van der Waals surface area contributed by atoms with Crippen LogP contribution in [-0.4, -0.2) is 24.8 Å². The van der Waals surface area contributed by atoms with Crippen LogP contribution in [0.2, 0.25) is 0 Å². The van der Waals surface area contributed by atoms with Crippen LogP contribution in [0.25, 0.3) is 0 Å². The van der Waals surface area contributed by atoms with E-state index in [0.29, 0.717) is 6.04 Å². The van der Waals surface area contributed by atoms with E-state index in [-0.39, 0.29) is 5.60 Å². The normalized spacial score (nSPS) is 20.6. The molecule has 2 nitrogen and oxygen atoms in total. The summed E-state index contributed by atoms with van der Waals surface area (Å²) in [5, 5.41) is 3.72. The molecule has 0 saturated heterocycles.